The Morgan fingerprint density at radius 2 is 2.14 bits per heavy atom. The molecule has 0 spiro atoms. The largest absolute Gasteiger partial charge is 0.450 e. The van der Waals surface area contributed by atoms with Crippen molar-refractivity contribution < 1.29 is 19.1 Å². The summed E-state index contributed by atoms with van der Waals surface area (Å²) < 4.78 is 9.83. The van der Waals surface area contributed by atoms with E-state index in [1.165, 1.54) is 4.90 Å². The minimum atomic E-state index is -0.500. The monoisotopic (exact) mass is 202 g/mol. The van der Waals surface area contributed by atoms with Crippen molar-refractivity contribution in [2.45, 2.75) is 13.0 Å². The first kappa shape index (κ1) is 10.8. The smallest absolute Gasteiger partial charge is 0.409 e. The highest BCUT2D eigenvalue weighted by atomic mass is 16.6. The first-order valence-corrected chi connectivity index (χ1v) is 4.45. The summed E-state index contributed by atoms with van der Waals surface area (Å²) in [6, 6.07) is 0. The summed E-state index contributed by atoms with van der Waals surface area (Å²) >= 11 is 0. The predicted octanol–water partition coefficient (Wildman–Crippen LogP) is -0.671. The number of amides is 2. The number of nitrogens with two attached hydrogens (primary N) is 1. The third-order valence-corrected chi connectivity index (χ3v) is 1.84. The van der Waals surface area contributed by atoms with Gasteiger partial charge in [-0.3, -0.25) is 4.79 Å². The van der Waals surface area contributed by atoms with Crippen LogP contribution in [0.3, 0.4) is 0 Å². The first-order valence-electron chi connectivity index (χ1n) is 4.45. The molecule has 0 atom stereocenters. The Labute approximate surface area is 81.9 Å². The number of rotatable bonds is 4. The number of hydrogen-bond donors (Lipinski definition) is 1. The molecule has 0 aromatic carbocycles. The second-order valence-corrected chi connectivity index (χ2v) is 3.00. The minimum absolute atomic E-state index is 0.0908. The van der Waals surface area contributed by atoms with Crippen LogP contribution in [0.4, 0.5) is 4.79 Å². The maximum atomic E-state index is 11.1. The summed E-state index contributed by atoms with van der Waals surface area (Å²) in [5.74, 6) is -0.500. The van der Waals surface area contributed by atoms with Crippen molar-refractivity contribution in [3.8, 4) is 0 Å². The van der Waals surface area contributed by atoms with Gasteiger partial charge in [-0.15, -0.1) is 0 Å². The molecule has 1 aliphatic rings. The van der Waals surface area contributed by atoms with E-state index in [-0.39, 0.29) is 18.8 Å². The van der Waals surface area contributed by atoms with Crippen LogP contribution in [0.2, 0.25) is 0 Å². The molecule has 80 valence electrons. The minimum Gasteiger partial charge on any atom is -0.450 e. The van der Waals surface area contributed by atoms with Crippen molar-refractivity contribution in [1.29, 1.82) is 0 Å². The van der Waals surface area contributed by atoms with Gasteiger partial charge in [-0.1, -0.05) is 0 Å². The summed E-state index contributed by atoms with van der Waals surface area (Å²) in [5.41, 5.74) is 4.89. The van der Waals surface area contributed by atoms with Crippen molar-refractivity contribution in [3.05, 3.63) is 0 Å². The summed E-state index contributed by atoms with van der Waals surface area (Å²) in [5, 5.41) is 0. The van der Waals surface area contributed by atoms with E-state index in [1.54, 1.807) is 6.92 Å². The molecule has 1 rings (SSSR count). The summed E-state index contributed by atoms with van der Waals surface area (Å²) in [4.78, 5) is 22.9. The number of hydrogen-bond acceptors (Lipinski definition) is 4. The van der Waals surface area contributed by atoms with Crippen LogP contribution >= 0.6 is 0 Å². The van der Waals surface area contributed by atoms with Gasteiger partial charge in [0.1, 0.15) is 6.61 Å². The number of likely N-dealkylation sites (tertiary alicyclic amines) is 1. The SMILES string of the molecule is CCOC(=O)N1CC(OCC(N)=O)C1. The van der Waals surface area contributed by atoms with Crippen LogP contribution in [0, 0.1) is 0 Å². The number of ether oxygens (including phenoxy) is 2. The molecule has 2 amide bonds. The molecule has 0 radical (unpaired) electrons. The molecule has 0 aromatic heterocycles. The molecule has 0 unspecified atom stereocenters. The van der Waals surface area contributed by atoms with Crippen LogP contribution in [0.25, 0.3) is 0 Å². The molecule has 2 N–H and O–H groups in total. The topological polar surface area (TPSA) is 81.9 Å². The van der Waals surface area contributed by atoms with E-state index in [4.69, 9.17) is 15.2 Å². The van der Waals surface area contributed by atoms with E-state index < -0.39 is 5.91 Å². The van der Waals surface area contributed by atoms with E-state index in [9.17, 15) is 9.59 Å². The van der Waals surface area contributed by atoms with E-state index in [0.29, 0.717) is 19.7 Å². The quantitative estimate of drug-likeness (QED) is 0.655. The number of primary amides is 1. The van der Waals surface area contributed by atoms with Gasteiger partial charge in [0.2, 0.25) is 5.91 Å². The van der Waals surface area contributed by atoms with Crippen molar-refractivity contribution in [3.63, 3.8) is 0 Å². The van der Waals surface area contributed by atoms with Crippen molar-refractivity contribution in [2.75, 3.05) is 26.3 Å². The van der Waals surface area contributed by atoms with Gasteiger partial charge in [0.15, 0.2) is 0 Å². The zero-order valence-corrected chi connectivity index (χ0v) is 8.06. The van der Waals surface area contributed by atoms with Crippen LogP contribution in [-0.4, -0.2) is 49.3 Å². The van der Waals surface area contributed by atoms with Crippen LogP contribution in [0.1, 0.15) is 6.92 Å². The molecule has 0 aliphatic carbocycles. The molecular formula is C8H14N2O4. The van der Waals surface area contributed by atoms with Gasteiger partial charge in [0, 0.05) is 0 Å². The van der Waals surface area contributed by atoms with Gasteiger partial charge in [-0.05, 0) is 6.92 Å². The summed E-state index contributed by atoms with van der Waals surface area (Å²) in [6.07, 6.45) is -0.432. The lowest BCUT2D eigenvalue weighted by Crippen LogP contribution is -2.55. The Morgan fingerprint density at radius 1 is 1.50 bits per heavy atom. The molecule has 14 heavy (non-hydrogen) atoms. The zero-order chi connectivity index (χ0) is 10.6. The van der Waals surface area contributed by atoms with Crippen LogP contribution in [0.5, 0.6) is 0 Å². The standard InChI is InChI=1S/C8H14N2O4/c1-2-13-8(12)10-3-6(4-10)14-5-7(9)11/h6H,2-5H2,1H3,(H2,9,11). The third-order valence-electron chi connectivity index (χ3n) is 1.84. The average Bonchev–Trinajstić information content (AvgIpc) is 2.01. The molecular weight excluding hydrogens is 188 g/mol. The highest BCUT2D eigenvalue weighted by Crippen LogP contribution is 2.12. The van der Waals surface area contributed by atoms with Gasteiger partial charge in [-0.25, -0.2) is 4.79 Å². The Bertz CT molecular complexity index is 225. The van der Waals surface area contributed by atoms with Gasteiger partial charge in [-0.2, -0.15) is 0 Å². The van der Waals surface area contributed by atoms with E-state index >= 15 is 0 Å². The maximum Gasteiger partial charge on any atom is 0.409 e. The number of nitrogens with zero attached hydrogens (tertiary/aromatic N) is 1. The zero-order valence-electron chi connectivity index (χ0n) is 8.06. The second-order valence-electron chi connectivity index (χ2n) is 3.00. The molecule has 0 aromatic rings. The van der Waals surface area contributed by atoms with Crippen molar-refractivity contribution in [2.24, 2.45) is 5.73 Å². The normalized spacial score (nSPS) is 16.2. The molecule has 0 bridgehead atoms. The fraction of sp³-hybridized carbons (Fsp3) is 0.750. The summed E-state index contributed by atoms with van der Waals surface area (Å²) in [7, 11) is 0. The second kappa shape index (κ2) is 4.80. The molecule has 1 aliphatic heterocycles. The Morgan fingerprint density at radius 3 is 2.64 bits per heavy atom. The highest BCUT2D eigenvalue weighted by Gasteiger charge is 2.32. The van der Waals surface area contributed by atoms with Gasteiger partial charge >= 0.3 is 6.09 Å². The van der Waals surface area contributed by atoms with E-state index in [1.807, 2.05) is 0 Å². The molecule has 6 nitrogen and oxygen atoms in total. The molecule has 0 saturated carbocycles. The fourth-order valence-corrected chi connectivity index (χ4v) is 1.11. The lowest BCUT2D eigenvalue weighted by atomic mass is 10.2. The fourth-order valence-electron chi connectivity index (χ4n) is 1.11. The lowest BCUT2D eigenvalue weighted by Gasteiger charge is -2.37. The first-order chi connectivity index (χ1) is 6.63. The highest BCUT2D eigenvalue weighted by molar-refractivity contribution is 5.75. The molecule has 1 heterocycles. The van der Waals surface area contributed by atoms with Crippen molar-refractivity contribution in [1.82, 2.24) is 4.90 Å². The molecule has 6 heteroatoms. The van der Waals surface area contributed by atoms with Gasteiger partial charge < -0.3 is 20.1 Å². The third kappa shape index (κ3) is 2.88. The molecule has 1 fully saturated rings. The van der Waals surface area contributed by atoms with Crippen LogP contribution in [0.15, 0.2) is 0 Å². The van der Waals surface area contributed by atoms with Crippen LogP contribution in [-0.2, 0) is 14.3 Å². The van der Waals surface area contributed by atoms with Crippen LogP contribution < -0.4 is 5.73 Å². The summed E-state index contributed by atoms with van der Waals surface area (Å²) in [6.45, 7) is 2.94. The molecule has 1 saturated heterocycles. The average molecular weight is 202 g/mol. The maximum absolute atomic E-state index is 11.1. The van der Waals surface area contributed by atoms with Gasteiger partial charge in [0.25, 0.3) is 0 Å². The Kier molecular flexibility index (Phi) is 3.70. The lowest BCUT2D eigenvalue weighted by molar-refractivity contribution is -0.128. The van der Waals surface area contributed by atoms with E-state index in [0.717, 1.165) is 0 Å². The van der Waals surface area contributed by atoms with Crippen molar-refractivity contribution >= 4 is 12.0 Å². The predicted molar refractivity (Wildman–Crippen MR) is 47.5 cm³/mol. The van der Waals surface area contributed by atoms with E-state index in [2.05, 4.69) is 0 Å². The Hall–Kier alpha value is -1.30. The number of carbonyl (C=O) groups excluding carboxylic acids is 2. The van der Waals surface area contributed by atoms with Gasteiger partial charge in [0.05, 0.1) is 25.8 Å². The Balaban J connectivity index is 2.11. The number of carbonyl (C=O) groups is 2.